The van der Waals surface area contributed by atoms with E-state index in [2.05, 4.69) is 17.4 Å². The predicted molar refractivity (Wildman–Crippen MR) is 75.4 cm³/mol. The van der Waals surface area contributed by atoms with Gasteiger partial charge in [0.2, 0.25) is 0 Å². The largest absolute Gasteiger partial charge is 0.488 e. The van der Waals surface area contributed by atoms with Crippen LogP contribution in [0, 0.1) is 5.92 Å². The van der Waals surface area contributed by atoms with Crippen LogP contribution in [0.3, 0.4) is 0 Å². The van der Waals surface area contributed by atoms with Crippen LogP contribution in [-0.2, 0) is 6.42 Å². The molecular weight excluding hydrogens is 238 g/mol. The zero-order chi connectivity index (χ0) is 13.1. The maximum atomic E-state index is 9.93. The lowest BCUT2D eigenvalue weighted by molar-refractivity contribution is 0.0681. The van der Waals surface area contributed by atoms with E-state index in [-0.39, 0.29) is 12.2 Å². The molecule has 1 aliphatic heterocycles. The fourth-order valence-corrected chi connectivity index (χ4v) is 3.22. The third kappa shape index (κ3) is 3.10. The molecule has 1 aromatic carbocycles. The molecule has 19 heavy (non-hydrogen) atoms. The Kier molecular flexibility index (Phi) is 4.04. The molecule has 3 unspecified atom stereocenters. The van der Waals surface area contributed by atoms with Gasteiger partial charge in [-0.05, 0) is 30.4 Å². The van der Waals surface area contributed by atoms with Gasteiger partial charge in [0, 0.05) is 19.5 Å². The Bertz CT molecular complexity index is 396. The van der Waals surface area contributed by atoms with Crippen molar-refractivity contribution in [2.24, 2.45) is 5.92 Å². The average Bonchev–Trinajstić information content (AvgIpc) is 2.83. The third-order valence-corrected chi connectivity index (χ3v) is 4.36. The van der Waals surface area contributed by atoms with E-state index in [9.17, 15) is 5.11 Å². The molecule has 2 N–H and O–H groups in total. The summed E-state index contributed by atoms with van der Waals surface area (Å²) in [7, 11) is 0. The average molecular weight is 261 g/mol. The zero-order valence-corrected chi connectivity index (χ0v) is 11.3. The fraction of sp³-hybridized carbons (Fsp3) is 0.625. The van der Waals surface area contributed by atoms with E-state index >= 15 is 0 Å². The first-order chi connectivity index (χ1) is 9.33. The molecule has 3 nitrogen and oxygen atoms in total. The predicted octanol–water partition coefficient (Wildman–Crippen LogP) is 2.13. The standard InChI is InChI=1S/C16H23NO2/c18-15-7-3-1-6-13(15)10-17-11-14-9-12-5-2-4-8-16(12)19-14/h2,4-5,8,13-15,17-18H,1,3,6-7,9-11H2. The summed E-state index contributed by atoms with van der Waals surface area (Å²) in [5.41, 5.74) is 1.31. The Labute approximate surface area is 115 Å². The monoisotopic (exact) mass is 261 g/mol. The number of rotatable bonds is 4. The molecule has 0 amide bonds. The second-order valence-corrected chi connectivity index (χ2v) is 5.82. The minimum Gasteiger partial charge on any atom is -0.488 e. The van der Waals surface area contributed by atoms with Crippen LogP contribution < -0.4 is 10.1 Å². The quantitative estimate of drug-likeness (QED) is 0.872. The zero-order valence-electron chi connectivity index (χ0n) is 11.3. The summed E-state index contributed by atoms with van der Waals surface area (Å²) in [4.78, 5) is 0. The lowest BCUT2D eigenvalue weighted by Gasteiger charge is -2.28. The number of para-hydroxylation sites is 1. The normalized spacial score (nSPS) is 29.8. The molecule has 0 radical (unpaired) electrons. The first kappa shape index (κ1) is 12.9. The smallest absolute Gasteiger partial charge is 0.123 e. The van der Waals surface area contributed by atoms with Gasteiger partial charge in [-0.15, -0.1) is 0 Å². The Morgan fingerprint density at radius 2 is 2.00 bits per heavy atom. The summed E-state index contributed by atoms with van der Waals surface area (Å²) in [6.45, 7) is 1.79. The molecule has 0 aromatic heterocycles. The van der Waals surface area contributed by atoms with Crippen molar-refractivity contribution < 1.29 is 9.84 Å². The van der Waals surface area contributed by atoms with E-state index in [1.54, 1.807) is 0 Å². The second kappa shape index (κ2) is 5.93. The number of ether oxygens (including phenoxy) is 1. The molecule has 2 aliphatic rings. The number of hydrogen-bond donors (Lipinski definition) is 2. The van der Waals surface area contributed by atoms with Crippen molar-refractivity contribution in [1.82, 2.24) is 5.32 Å². The van der Waals surface area contributed by atoms with E-state index in [1.165, 1.54) is 18.4 Å². The van der Waals surface area contributed by atoms with Crippen LogP contribution >= 0.6 is 0 Å². The Morgan fingerprint density at radius 3 is 2.84 bits per heavy atom. The summed E-state index contributed by atoms with van der Waals surface area (Å²) in [6.07, 6.45) is 5.70. The van der Waals surface area contributed by atoms with Gasteiger partial charge in [0.25, 0.3) is 0 Å². The maximum absolute atomic E-state index is 9.93. The van der Waals surface area contributed by atoms with Crippen molar-refractivity contribution in [2.45, 2.75) is 44.3 Å². The Hall–Kier alpha value is -1.06. The molecule has 1 aromatic rings. The van der Waals surface area contributed by atoms with Crippen LogP contribution in [0.2, 0.25) is 0 Å². The van der Waals surface area contributed by atoms with E-state index in [1.807, 2.05) is 12.1 Å². The van der Waals surface area contributed by atoms with E-state index in [0.717, 1.165) is 38.1 Å². The second-order valence-electron chi connectivity index (χ2n) is 5.82. The van der Waals surface area contributed by atoms with Gasteiger partial charge in [0.15, 0.2) is 0 Å². The van der Waals surface area contributed by atoms with E-state index in [0.29, 0.717) is 5.92 Å². The highest BCUT2D eigenvalue weighted by Gasteiger charge is 2.25. The fourth-order valence-electron chi connectivity index (χ4n) is 3.22. The van der Waals surface area contributed by atoms with Crippen molar-refractivity contribution in [3.05, 3.63) is 29.8 Å². The Balaban J connectivity index is 1.42. The van der Waals surface area contributed by atoms with Crippen molar-refractivity contribution in [3.63, 3.8) is 0 Å². The topological polar surface area (TPSA) is 41.5 Å². The third-order valence-electron chi connectivity index (χ3n) is 4.36. The van der Waals surface area contributed by atoms with Crippen molar-refractivity contribution in [3.8, 4) is 5.75 Å². The summed E-state index contributed by atoms with van der Waals surface area (Å²) < 4.78 is 5.90. The van der Waals surface area contributed by atoms with Crippen LogP contribution in [0.25, 0.3) is 0 Å². The summed E-state index contributed by atoms with van der Waals surface area (Å²) >= 11 is 0. The molecule has 1 fully saturated rings. The molecular formula is C16H23NO2. The van der Waals surface area contributed by atoms with Crippen molar-refractivity contribution in [1.29, 1.82) is 0 Å². The number of hydrogen-bond acceptors (Lipinski definition) is 3. The maximum Gasteiger partial charge on any atom is 0.123 e. The number of nitrogens with one attached hydrogen (secondary N) is 1. The molecule has 0 bridgehead atoms. The highest BCUT2D eigenvalue weighted by molar-refractivity contribution is 5.37. The summed E-state index contributed by atoms with van der Waals surface area (Å²) in [5.74, 6) is 1.46. The minimum absolute atomic E-state index is 0.108. The van der Waals surface area contributed by atoms with Gasteiger partial charge < -0.3 is 15.2 Å². The number of aliphatic hydroxyl groups is 1. The van der Waals surface area contributed by atoms with Crippen molar-refractivity contribution in [2.75, 3.05) is 13.1 Å². The van der Waals surface area contributed by atoms with Gasteiger partial charge in [-0.3, -0.25) is 0 Å². The van der Waals surface area contributed by atoms with Gasteiger partial charge in [-0.25, -0.2) is 0 Å². The molecule has 104 valence electrons. The lowest BCUT2D eigenvalue weighted by Crippen LogP contribution is -2.38. The molecule has 1 aliphatic carbocycles. The van der Waals surface area contributed by atoms with Crippen LogP contribution in [0.1, 0.15) is 31.2 Å². The summed E-state index contributed by atoms with van der Waals surface area (Å²) in [6, 6.07) is 8.27. The lowest BCUT2D eigenvalue weighted by atomic mass is 9.86. The highest BCUT2D eigenvalue weighted by atomic mass is 16.5. The van der Waals surface area contributed by atoms with Gasteiger partial charge in [0.05, 0.1) is 6.10 Å². The van der Waals surface area contributed by atoms with E-state index < -0.39 is 0 Å². The first-order valence-corrected chi connectivity index (χ1v) is 7.46. The number of aliphatic hydroxyl groups excluding tert-OH is 1. The van der Waals surface area contributed by atoms with Gasteiger partial charge in [-0.1, -0.05) is 31.0 Å². The van der Waals surface area contributed by atoms with Crippen molar-refractivity contribution >= 4 is 0 Å². The molecule has 3 atom stereocenters. The van der Waals surface area contributed by atoms with Crippen LogP contribution in [0.4, 0.5) is 0 Å². The molecule has 0 saturated heterocycles. The van der Waals surface area contributed by atoms with Gasteiger partial charge in [-0.2, -0.15) is 0 Å². The molecule has 1 saturated carbocycles. The molecule has 3 heteroatoms. The molecule has 0 spiro atoms. The summed E-state index contributed by atoms with van der Waals surface area (Å²) in [5, 5.41) is 13.4. The highest BCUT2D eigenvalue weighted by Crippen LogP contribution is 2.28. The first-order valence-electron chi connectivity index (χ1n) is 7.46. The van der Waals surface area contributed by atoms with Crippen LogP contribution in [-0.4, -0.2) is 30.4 Å². The Morgan fingerprint density at radius 1 is 1.16 bits per heavy atom. The molecule has 1 heterocycles. The van der Waals surface area contributed by atoms with Crippen LogP contribution in [0.5, 0.6) is 5.75 Å². The van der Waals surface area contributed by atoms with E-state index in [4.69, 9.17) is 4.74 Å². The molecule has 3 rings (SSSR count). The van der Waals surface area contributed by atoms with Gasteiger partial charge >= 0.3 is 0 Å². The minimum atomic E-state index is -0.108. The number of benzene rings is 1. The van der Waals surface area contributed by atoms with Gasteiger partial charge in [0.1, 0.15) is 11.9 Å². The SMILES string of the molecule is OC1CCCCC1CNCC1Cc2ccccc2O1. The van der Waals surface area contributed by atoms with Crippen LogP contribution in [0.15, 0.2) is 24.3 Å². The number of fused-ring (bicyclic) bond motifs is 1.